The van der Waals surface area contributed by atoms with Crippen LogP contribution in [0.25, 0.3) is 0 Å². The lowest BCUT2D eigenvalue weighted by atomic mass is 10.1. The number of hydrogen-bond donors (Lipinski definition) is 1. The summed E-state index contributed by atoms with van der Waals surface area (Å²) in [5.41, 5.74) is 0.956. The van der Waals surface area contributed by atoms with Gasteiger partial charge in [0.05, 0.1) is 18.1 Å². The van der Waals surface area contributed by atoms with E-state index in [1.54, 1.807) is 0 Å². The van der Waals surface area contributed by atoms with Gasteiger partial charge in [-0.3, -0.25) is 4.79 Å². The molecule has 1 amide bonds. The second kappa shape index (κ2) is 8.28. The average Bonchev–Trinajstić information content (AvgIpc) is 3.23. The topological polar surface area (TPSA) is 66.5 Å². The van der Waals surface area contributed by atoms with Crippen LogP contribution in [0.5, 0.6) is 0 Å². The van der Waals surface area contributed by atoms with Crippen molar-refractivity contribution >= 4 is 27.3 Å². The van der Waals surface area contributed by atoms with Crippen LogP contribution in [-0.2, 0) is 14.6 Å². The third-order valence-electron chi connectivity index (χ3n) is 5.54. The Bertz CT molecular complexity index is 747. The van der Waals surface area contributed by atoms with Gasteiger partial charge in [-0.1, -0.05) is 42.6 Å². The first kappa shape index (κ1) is 19.6. The molecule has 1 aliphatic heterocycles. The van der Waals surface area contributed by atoms with Crippen LogP contribution in [0.2, 0.25) is 5.02 Å². The van der Waals surface area contributed by atoms with E-state index in [4.69, 9.17) is 11.6 Å². The lowest BCUT2D eigenvalue weighted by Crippen LogP contribution is -2.50. The van der Waals surface area contributed by atoms with E-state index in [0.29, 0.717) is 11.4 Å². The molecule has 26 heavy (non-hydrogen) atoms. The highest BCUT2D eigenvalue weighted by atomic mass is 35.5. The minimum absolute atomic E-state index is 0.00194. The van der Waals surface area contributed by atoms with Crippen LogP contribution in [0.3, 0.4) is 0 Å². The zero-order valence-electron chi connectivity index (χ0n) is 15.2. The van der Waals surface area contributed by atoms with Crippen LogP contribution in [-0.4, -0.2) is 49.4 Å². The summed E-state index contributed by atoms with van der Waals surface area (Å²) in [6.45, 7) is 2.17. The summed E-state index contributed by atoms with van der Waals surface area (Å²) in [5, 5.41) is 3.94. The number of nitrogens with zero attached hydrogens (tertiary/aromatic N) is 1. The van der Waals surface area contributed by atoms with Crippen LogP contribution in [0.1, 0.15) is 50.6 Å². The summed E-state index contributed by atoms with van der Waals surface area (Å²) >= 11 is 6.23. The average molecular weight is 399 g/mol. The monoisotopic (exact) mass is 398 g/mol. The van der Waals surface area contributed by atoms with Gasteiger partial charge >= 0.3 is 0 Å². The molecule has 144 valence electrons. The standard InChI is InChI=1S/C19H27ClN2O3S/c1-14(17-8-4-5-9-18(17)20)21-12-19(23)22(15-6-2-3-7-15)16-10-11-26(24,25)13-16/h4-5,8-9,14-16,21H,2-3,6-7,10-13H2,1H3/t14-,16+/m1/s1. The van der Waals surface area contributed by atoms with Gasteiger partial charge in [-0.25, -0.2) is 8.42 Å². The maximum atomic E-state index is 13.0. The van der Waals surface area contributed by atoms with Gasteiger partial charge in [0.15, 0.2) is 9.84 Å². The fourth-order valence-corrected chi connectivity index (χ4v) is 6.16. The number of carbonyl (C=O) groups excluding carboxylic acids is 1. The molecule has 0 unspecified atom stereocenters. The largest absolute Gasteiger partial charge is 0.335 e. The zero-order valence-corrected chi connectivity index (χ0v) is 16.7. The van der Waals surface area contributed by atoms with Gasteiger partial charge in [0.1, 0.15) is 0 Å². The number of halogens is 1. The molecular weight excluding hydrogens is 372 g/mol. The molecule has 1 aromatic carbocycles. The van der Waals surface area contributed by atoms with Crippen molar-refractivity contribution in [2.45, 2.75) is 57.2 Å². The van der Waals surface area contributed by atoms with E-state index in [-0.39, 0.29) is 42.1 Å². The van der Waals surface area contributed by atoms with Crippen molar-refractivity contribution in [2.24, 2.45) is 0 Å². The number of carbonyl (C=O) groups is 1. The Morgan fingerprint density at radius 2 is 1.92 bits per heavy atom. The fraction of sp³-hybridized carbons (Fsp3) is 0.632. The Balaban J connectivity index is 1.67. The van der Waals surface area contributed by atoms with E-state index in [0.717, 1.165) is 31.2 Å². The van der Waals surface area contributed by atoms with Gasteiger partial charge in [0.2, 0.25) is 5.91 Å². The predicted molar refractivity (Wildman–Crippen MR) is 104 cm³/mol. The van der Waals surface area contributed by atoms with E-state index >= 15 is 0 Å². The van der Waals surface area contributed by atoms with Gasteiger partial charge in [-0.15, -0.1) is 0 Å². The number of amides is 1. The van der Waals surface area contributed by atoms with Crippen molar-refractivity contribution in [3.05, 3.63) is 34.9 Å². The lowest BCUT2D eigenvalue weighted by molar-refractivity contribution is -0.134. The third kappa shape index (κ3) is 4.59. The summed E-state index contributed by atoms with van der Waals surface area (Å²) in [5.74, 6) is 0.297. The highest BCUT2D eigenvalue weighted by Gasteiger charge is 2.38. The zero-order chi connectivity index (χ0) is 18.7. The molecular formula is C19H27ClN2O3S. The minimum Gasteiger partial charge on any atom is -0.335 e. The number of hydrogen-bond acceptors (Lipinski definition) is 4. The molecule has 0 aromatic heterocycles. The summed E-state index contributed by atoms with van der Waals surface area (Å²) in [4.78, 5) is 14.9. The normalized spacial score (nSPS) is 23.8. The van der Waals surface area contributed by atoms with E-state index < -0.39 is 9.84 Å². The summed E-state index contributed by atoms with van der Waals surface area (Å²) in [7, 11) is -3.02. The minimum atomic E-state index is -3.02. The van der Waals surface area contributed by atoms with Crippen LogP contribution >= 0.6 is 11.6 Å². The molecule has 1 saturated heterocycles. The van der Waals surface area contributed by atoms with Gasteiger partial charge in [-0.05, 0) is 37.8 Å². The van der Waals surface area contributed by atoms with Crippen LogP contribution in [0, 0.1) is 0 Å². The van der Waals surface area contributed by atoms with Crippen molar-refractivity contribution < 1.29 is 13.2 Å². The Kier molecular flexibility index (Phi) is 6.25. The maximum Gasteiger partial charge on any atom is 0.237 e. The molecule has 3 rings (SSSR count). The van der Waals surface area contributed by atoms with Gasteiger partial charge in [0, 0.05) is 23.1 Å². The first-order chi connectivity index (χ1) is 12.4. The van der Waals surface area contributed by atoms with Crippen molar-refractivity contribution in [3.8, 4) is 0 Å². The number of benzene rings is 1. The Hall–Kier alpha value is -1.11. The summed E-state index contributed by atoms with van der Waals surface area (Å²) in [6, 6.07) is 7.55. The second-order valence-electron chi connectivity index (χ2n) is 7.42. The van der Waals surface area contributed by atoms with Gasteiger partial charge < -0.3 is 10.2 Å². The SMILES string of the molecule is C[C@@H](NCC(=O)N(C1CCCC1)[C@H]1CCS(=O)(=O)C1)c1ccccc1Cl. The van der Waals surface area contributed by atoms with Gasteiger partial charge in [-0.2, -0.15) is 0 Å². The first-order valence-corrected chi connectivity index (χ1v) is 11.6. The summed E-state index contributed by atoms with van der Waals surface area (Å²) < 4.78 is 23.8. The molecule has 2 aliphatic rings. The third-order valence-corrected chi connectivity index (χ3v) is 7.63. The molecule has 1 N–H and O–H groups in total. The molecule has 0 radical (unpaired) electrons. The Morgan fingerprint density at radius 1 is 1.23 bits per heavy atom. The second-order valence-corrected chi connectivity index (χ2v) is 10.1. The molecule has 2 atom stereocenters. The van der Waals surface area contributed by atoms with E-state index in [1.165, 1.54) is 0 Å². The fourth-order valence-electron chi connectivity index (χ4n) is 4.15. The molecule has 5 nitrogen and oxygen atoms in total. The highest BCUT2D eigenvalue weighted by molar-refractivity contribution is 7.91. The van der Waals surface area contributed by atoms with E-state index in [2.05, 4.69) is 5.32 Å². The number of nitrogens with one attached hydrogen (secondary N) is 1. The Morgan fingerprint density at radius 3 is 2.54 bits per heavy atom. The highest BCUT2D eigenvalue weighted by Crippen LogP contribution is 2.29. The lowest BCUT2D eigenvalue weighted by Gasteiger charge is -2.34. The molecule has 0 bridgehead atoms. The summed E-state index contributed by atoms with van der Waals surface area (Å²) in [6.07, 6.45) is 4.73. The molecule has 1 aliphatic carbocycles. The smallest absolute Gasteiger partial charge is 0.237 e. The van der Waals surface area contributed by atoms with Crippen molar-refractivity contribution in [2.75, 3.05) is 18.1 Å². The number of sulfone groups is 1. The predicted octanol–water partition coefficient (Wildman–Crippen LogP) is 2.95. The maximum absolute atomic E-state index is 13.0. The molecule has 1 saturated carbocycles. The van der Waals surface area contributed by atoms with Crippen LogP contribution in [0.15, 0.2) is 24.3 Å². The van der Waals surface area contributed by atoms with Crippen molar-refractivity contribution in [1.82, 2.24) is 10.2 Å². The van der Waals surface area contributed by atoms with E-state index in [1.807, 2.05) is 36.1 Å². The molecule has 1 heterocycles. The first-order valence-electron chi connectivity index (χ1n) is 9.37. The molecule has 7 heteroatoms. The van der Waals surface area contributed by atoms with Crippen molar-refractivity contribution in [3.63, 3.8) is 0 Å². The quantitative estimate of drug-likeness (QED) is 0.800. The van der Waals surface area contributed by atoms with Crippen LogP contribution < -0.4 is 5.32 Å². The van der Waals surface area contributed by atoms with Crippen molar-refractivity contribution in [1.29, 1.82) is 0 Å². The van der Waals surface area contributed by atoms with Crippen LogP contribution in [0.4, 0.5) is 0 Å². The molecule has 1 aromatic rings. The Labute approximate surface area is 161 Å². The number of rotatable bonds is 6. The molecule has 2 fully saturated rings. The molecule has 0 spiro atoms. The van der Waals surface area contributed by atoms with E-state index in [9.17, 15) is 13.2 Å². The van der Waals surface area contributed by atoms with Gasteiger partial charge in [0.25, 0.3) is 0 Å².